The lowest BCUT2D eigenvalue weighted by atomic mass is 10.1. The number of non-ortho nitro benzene ring substituents is 1. The molecular weight excluding hydrogens is 286 g/mol. The van der Waals surface area contributed by atoms with Gasteiger partial charge in [-0.15, -0.1) is 0 Å². The van der Waals surface area contributed by atoms with Gasteiger partial charge in [0.15, 0.2) is 0 Å². The van der Waals surface area contributed by atoms with Gasteiger partial charge in [0.25, 0.3) is 11.6 Å². The van der Waals surface area contributed by atoms with Crippen molar-refractivity contribution >= 4 is 23.6 Å². The van der Waals surface area contributed by atoms with Crippen LogP contribution in [0.25, 0.3) is 6.08 Å². The highest BCUT2D eigenvalue weighted by Crippen LogP contribution is 2.16. The van der Waals surface area contributed by atoms with Crippen molar-refractivity contribution in [2.75, 3.05) is 13.1 Å². The smallest absolute Gasteiger partial charge is 0.270 e. The number of nitrogens with zero attached hydrogens (tertiary/aromatic N) is 2. The van der Waals surface area contributed by atoms with E-state index in [0.29, 0.717) is 18.7 Å². The third kappa shape index (κ3) is 4.69. The number of nitro groups is 1. The van der Waals surface area contributed by atoms with Gasteiger partial charge in [0, 0.05) is 32.1 Å². The van der Waals surface area contributed by atoms with Crippen LogP contribution < -0.4 is 5.32 Å². The summed E-state index contributed by atoms with van der Waals surface area (Å²) >= 11 is 0. The average molecular weight is 305 g/mol. The predicted molar refractivity (Wildman–Crippen MR) is 82.8 cm³/mol. The summed E-state index contributed by atoms with van der Waals surface area (Å²) in [5.41, 5.74) is 0.487. The van der Waals surface area contributed by atoms with Crippen LogP contribution in [0.2, 0.25) is 0 Å². The number of nitrogens with one attached hydrogen (secondary N) is 1. The molecule has 0 unspecified atom stereocenters. The lowest BCUT2D eigenvalue weighted by Gasteiger charge is -2.20. The number of hydrogen-bond acceptors (Lipinski definition) is 4. The highest BCUT2D eigenvalue weighted by Gasteiger charge is 2.17. The molecule has 118 valence electrons. The fraction of sp³-hybridized carbons (Fsp3) is 0.333. The molecule has 2 amide bonds. The Bertz CT molecular complexity index is 607. The summed E-state index contributed by atoms with van der Waals surface area (Å²) in [4.78, 5) is 35.5. The number of carbonyl (C=O) groups excluding carboxylic acids is 2. The molecule has 0 spiro atoms. The van der Waals surface area contributed by atoms with Crippen LogP contribution in [0.5, 0.6) is 0 Å². The van der Waals surface area contributed by atoms with E-state index in [9.17, 15) is 19.7 Å². The summed E-state index contributed by atoms with van der Waals surface area (Å²) in [6.07, 6.45) is 1.44. The van der Waals surface area contributed by atoms with E-state index >= 15 is 0 Å². The molecule has 0 saturated heterocycles. The normalized spacial score (nSPS) is 11.0. The van der Waals surface area contributed by atoms with Crippen molar-refractivity contribution in [3.8, 4) is 0 Å². The second-order valence-corrected chi connectivity index (χ2v) is 4.57. The molecule has 0 fully saturated rings. The van der Waals surface area contributed by atoms with Crippen molar-refractivity contribution in [3.05, 3.63) is 45.6 Å². The fourth-order valence-electron chi connectivity index (χ4n) is 1.92. The van der Waals surface area contributed by atoms with Gasteiger partial charge < -0.3 is 10.2 Å². The molecule has 0 aliphatic heterocycles. The van der Waals surface area contributed by atoms with E-state index in [2.05, 4.69) is 5.32 Å². The van der Waals surface area contributed by atoms with Crippen molar-refractivity contribution in [1.82, 2.24) is 10.2 Å². The Morgan fingerprint density at radius 1 is 1.32 bits per heavy atom. The third-order valence-electron chi connectivity index (χ3n) is 2.98. The van der Waals surface area contributed by atoms with E-state index in [0.717, 1.165) is 0 Å². The second kappa shape index (κ2) is 7.92. The summed E-state index contributed by atoms with van der Waals surface area (Å²) in [5.74, 6) is -0.705. The minimum Gasteiger partial charge on any atom is -0.338 e. The Morgan fingerprint density at radius 2 is 1.95 bits per heavy atom. The Kier molecular flexibility index (Phi) is 6.25. The molecule has 0 aromatic heterocycles. The Labute approximate surface area is 128 Å². The minimum atomic E-state index is -0.512. The van der Waals surface area contributed by atoms with Crippen LogP contribution in [0, 0.1) is 10.1 Å². The summed E-state index contributed by atoms with van der Waals surface area (Å²) in [7, 11) is 0. The third-order valence-corrected chi connectivity index (χ3v) is 2.98. The molecule has 7 nitrogen and oxygen atoms in total. The summed E-state index contributed by atoms with van der Waals surface area (Å²) in [5, 5.41) is 13.3. The van der Waals surface area contributed by atoms with Gasteiger partial charge in [-0.05, 0) is 25.5 Å². The summed E-state index contributed by atoms with van der Waals surface area (Å²) in [6, 6.07) is 5.86. The molecule has 0 heterocycles. The summed E-state index contributed by atoms with van der Waals surface area (Å²) < 4.78 is 0. The number of carbonyl (C=O) groups is 2. The maximum absolute atomic E-state index is 12.4. The average Bonchev–Trinajstić information content (AvgIpc) is 2.47. The number of likely N-dealkylation sites (N-methyl/N-ethyl adjacent to an activating group) is 1. The quantitative estimate of drug-likeness (QED) is 0.494. The lowest BCUT2D eigenvalue weighted by molar-refractivity contribution is -0.384. The Hall–Kier alpha value is -2.70. The SMILES string of the molecule is CCN(CC)C(=O)/C(=C\c1cccc([N+](=O)[O-])c1)NC(C)=O. The molecular formula is C15H19N3O4. The van der Waals surface area contributed by atoms with Crippen LogP contribution in [0.1, 0.15) is 26.3 Å². The second-order valence-electron chi connectivity index (χ2n) is 4.57. The number of rotatable bonds is 6. The van der Waals surface area contributed by atoms with Gasteiger partial charge in [-0.3, -0.25) is 19.7 Å². The van der Waals surface area contributed by atoms with Gasteiger partial charge in [0.05, 0.1) is 4.92 Å². The molecule has 0 radical (unpaired) electrons. The number of nitro benzene ring substituents is 1. The Morgan fingerprint density at radius 3 is 2.45 bits per heavy atom. The van der Waals surface area contributed by atoms with Gasteiger partial charge in [0.1, 0.15) is 5.70 Å². The van der Waals surface area contributed by atoms with Gasteiger partial charge in [-0.25, -0.2) is 0 Å². The van der Waals surface area contributed by atoms with Crippen molar-refractivity contribution in [2.24, 2.45) is 0 Å². The monoisotopic (exact) mass is 305 g/mol. The van der Waals surface area contributed by atoms with Crippen LogP contribution in [0.15, 0.2) is 30.0 Å². The number of hydrogen-bond donors (Lipinski definition) is 1. The zero-order valence-corrected chi connectivity index (χ0v) is 12.8. The molecule has 0 aliphatic carbocycles. The van der Waals surface area contributed by atoms with Crippen LogP contribution in [0.3, 0.4) is 0 Å². The first-order valence-corrected chi connectivity index (χ1v) is 6.92. The van der Waals surface area contributed by atoms with Gasteiger partial charge >= 0.3 is 0 Å². The van der Waals surface area contributed by atoms with E-state index in [1.54, 1.807) is 11.0 Å². The van der Waals surface area contributed by atoms with Gasteiger partial charge in [-0.1, -0.05) is 12.1 Å². The molecule has 22 heavy (non-hydrogen) atoms. The first-order valence-electron chi connectivity index (χ1n) is 6.92. The van der Waals surface area contributed by atoms with E-state index in [-0.39, 0.29) is 23.2 Å². The van der Waals surface area contributed by atoms with Crippen LogP contribution in [-0.4, -0.2) is 34.7 Å². The lowest BCUT2D eigenvalue weighted by Crippen LogP contribution is -2.37. The molecule has 0 saturated carbocycles. The van der Waals surface area contributed by atoms with Crippen LogP contribution >= 0.6 is 0 Å². The fourth-order valence-corrected chi connectivity index (χ4v) is 1.92. The first kappa shape index (κ1) is 17.4. The van der Waals surface area contributed by atoms with Gasteiger partial charge in [0.2, 0.25) is 5.91 Å². The number of benzene rings is 1. The minimum absolute atomic E-state index is 0.0776. The maximum atomic E-state index is 12.4. The number of amides is 2. The zero-order valence-electron chi connectivity index (χ0n) is 12.8. The van der Waals surface area contributed by atoms with Crippen molar-refractivity contribution in [1.29, 1.82) is 0 Å². The van der Waals surface area contributed by atoms with E-state index in [1.165, 1.54) is 31.2 Å². The van der Waals surface area contributed by atoms with E-state index in [1.807, 2.05) is 13.8 Å². The Balaban J connectivity index is 3.20. The molecule has 7 heteroatoms. The van der Waals surface area contributed by atoms with Gasteiger partial charge in [-0.2, -0.15) is 0 Å². The van der Waals surface area contributed by atoms with Crippen molar-refractivity contribution in [2.45, 2.75) is 20.8 Å². The zero-order chi connectivity index (χ0) is 16.7. The highest BCUT2D eigenvalue weighted by molar-refractivity contribution is 6.00. The summed E-state index contributed by atoms with van der Waals surface area (Å²) in [6.45, 7) is 5.97. The van der Waals surface area contributed by atoms with Crippen LogP contribution in [0.4, 0.5) is 5.69 Å². The molecule has 1 aromatic carbocycles. The largest absolute Gasteiger partial charge is 0.338 e. The molecule has 1 rings (SSSR count). The predicted octanol–water partition coefficient (Wildman–Crippen LogP) is 1.94. The standard InChI is InChI=1S/C15H19N3O4/c1-4-17(5-2)15(20)14(16-11(3)19)10-12-7-6-8-13(9-12)18(21)22/h6-10H,4-5H2,1-3H3,(H,16,19)/b14-10+. The molecule has 0 atom stereocenters. The molecule has 1 N–H and O–H groups in total. The molecule has 0 bridgehead atoms. The van der Waals surface area contributed by atoms with Crippen LogP contribution in [-0.2, 0) is 9.59 Å². The van der Waals surface area contributed by atoms with Crippen molar-refractivity contribution < 1.29 is 14.5 Å². The maximum Gasteiger partial charge on any atom is 0.270 e. The highest BCUT2D eigenvalue weighted by atomic mass is 16.6. The van der Waals surface area contributed by atoms with Crippen molar-refractivity contribution in [3.63, 3.8) is 0 Å². The topological polar surface area (TPSA) is 92.6 Å². The van der Waals surface area contributed by atoms with E-state index in [4.69, 9.17) is 0 Å². The van der Waals surface area contributed by atoms with E-state index < -0.39 is 4.92 Å². The molecule has 1 aromatic rings. The molecule has 0 aliphatic rings. The first-order chi connectivity index (χ1) is 10.4.